The Labute approximate surface area is 75.0 Å². The third-order valence-corrected chi connectivity index (χ3v) is 1.30. The van der Waals surface area contributed by atoms with Gasteiger partial charge in [0, 0.05) is 6.61 Å². The van der Waals surface area contributed by atoms with Crippen LogP contribution in [-0.4, -0.2) is 24.1 Å². The molecule has 0 amide bonds. The Bertz CT molecular complexity index is 158. The van der Waals surface area contributed by atoms with E-state index in [9.17, 15) is 0 Å². The van der Waals surface area contributed by atoms with Gasteiger partial charge in [-0.2, -0.15) is 0 Å². The molecule has 1 atom stereocenters. The number of hydrogen-bond acceptors (Lipinski definition) is 2. The lowest BCUT2D eigenvalue weighted by Gasteiger charge is -2.17. The Hall–Kier alpha value is -0.570. The molecule has 0 bridgehead atoms. The van der Waals surface area contributed by atoms with Gasteiger partial charge in [-0.1, -0.05) is 0 Å². The van der Waals surface area contributed by atoms with Gasteiger partial charge in [0.1, 0.15) is 11.9 Å². The molecule has 72 valence electrons. The fourth-order valence-corrected chi connectivity index (χ4v) is 0.814. The van der Waals surface area contributed by atoms with E-state index >= 15 is 0 Å². The number of aliphatic imine (C=N–C) groups is 1. The van der Waals surface area contributed by atoms with Crippen LogP contribution in [0.5, 0.6) is 0 Å². The first-order valence-corrected chi connectivity index (χ1v) is 4.33. The summed E-state index contributed by atoms with van der Waals surface area (Å²) in [5, 5.41) is 0. The van der Waals surface area contributed by atoms with Crippen LogP contribution in [0, 0.1) is 0 Å². The van der Waals surface area contributed by atoms with Gasteiger partial charge in [0.2, 0.25) is 0 Å². The van der Waals surface area contributed by atoms with Crippen molar-refractivity contribution in [2.45, 2.75) is 46.3 Å². The summed E-state index contributed by atoms with van der Waals surface area (Å²) in [6, 6.07) is 0. The van der Waals surface area contributed by atoms with Crippen molar-refractivity contribution in [3.63, 3.8) is 0 Å². The average molecular weight is 172 g/mol. The van der Waals surface area contributed by atoms with Gasteiger partial charge in [0.05, 0.1) is 5.54 Å². The second-order valence-corrected chi connectivity index (χ2v) is 3.81. The predicted molar refractivity (Wildman–Crippen MR) is 52.5 cm³/mol. The van der Waals surface area contributed by atoms with Crippen molar-refractivity contribution in [3.8, 4) is 0 Å². The van der Waals surface area contributed by atoms with Gasteiger partial charge in [0.15, 0.2) is 0 Å². The summed E-state index contributed by atoms with van der Waals surface area (Å²) < 4.78 is 5.29. The van der Waals surface area contributed by atoms with Crippen molar-refractivity contribution in [2.24, 2.45) is 10.7 Å². The molecule has 3 nitrogen and oxygen atoms in total. The molecule has 12 heavy (non-hydrogen) atoms. The zero-order valence-corrected chi connectivity index (χ0v) is 8.72. The maximum atomic E-state index is 5.71. The molecule has 0 aromatic carbocycles. The Kier molecular flexibility index (Phi) is 4.24. The highest BCUT2D eigenvalue weighted by Gasteiger charge is 2.12. The number of ether oxygens (including phenoxy) is 1. The SMILES string of the molecule is CCOC(C)C(N)=NC(C)(C)C. The Morgan fingerprint density at radius 2 is 2.00 bits per heavy atom. The van der Waals surface area contributed by atoms with E-state index in [1.165, 1.54) is 0 Å². The van der Waals surface area contributed by atoms with E-state index in [0.717, 1.165) is 0 Å². The third-order valence-electron chi connectivity index (χ3n) is 1.30. The largest absolute Gasteiger partial charge is 0.385 e. The van der Waals surface area contributed by atoms with E-state index in [1.807, 2.05) is 34.6 Å². The maximum Gasteiger partial charge on any atom is 0.123 e. The quantitative estimate of drug-likeness (QED) is 0.519. The highest BCUT2D eigenvalue weighted by atomic mass is 16.5. The number of rotatable bonds is 3. The molecule has 0 saturated carbocycles. The van der Waals surface area contributed by atoms with Crippen molar-refractivity contribution >= 4 is 5.84 Å². The first-order chi connectivity index (χ1) is 5.37. The van der Waals surface area contributed by atoms with Crippen LogP contribution in [0.1, 0.15) is 34.6 Å². The lowest BCUT2D eigenvalue weighted by atomic mass is 10.1. The van der Waals surface area contributed by atoms with E-state index < -0.39 is 0 Å². The smallest absolute Gasteiger partial charge is 0.123 e. The number of nitrogens with zero attached hydrogens (tertiary/aromatic N) is 1. The van der Waals surface area contributed by atoms with Gasteiger partial charge in [-0.3, -0.25) is 4.99 Å². The molecule has 0 aromatic rings. The molecular formula is C9H20N2O. The molecule has 0 aliphatic rings. The Morgan fingerprint density at radius 1 is 1.50 bits per heavy atom. The van der Waals surface area contributed by atoms with Gasteiger partial charge in [-0.05, 0) is 34.6 Å². The maximum absolute atomic E-state index is 5.71. The average Bonchev–Trinajstić information content (AvgIpc) is 1.84. The molecule has 0 aromatic heterocycles. The molecule has 0 radical (unpaired) electrons. The van der Waals surface area contributed by atoms with Crippen molar-refractivity contribution in [2.75, 3.05) is 6.61 Å². The standard InChI is InChI=1S/C9H20N2O/c1-6-12-7(2)8(10)11-9(3,4)5/h7H,6H2,1-5H3,(H2,10,11). The zero-order chi connectivity index (χ0) is 9.78. The Balaban J connectivity index is 4.17. The molecule has 0 aliphatic heterocycles. The highest BCUT2D eigenvalue weighted by Crippen LogP contribution is 2.07. The topological polar surface area (TPSA) is 47.6 Å². The van der Waals surface area contributed by atoms with E-state index in [0.29, 0.717) is 12.4 Å². The van der Waals surface area contributed by atoms with Crippen LogP contribution in [0.2, 0.25) is 0 Å². The van der Waals surface area contributed by atoms with E-state index in [4.69, 9.17) is 10.5 Å². The Morgan fingerprint density at radius 3 is 2.33 bits per heavy atom. The van der Waals surface area contributed by atoms with Crippen molar-refractivity contribution in [1.82, 2.24) is 0 Å². The van der Waals surface area contributed by atoms with E-state index in [2.05, 4.69) is 4.99 Å². The summed E-state index contributed by atoms with van der Waals surface area (Å²) in [5.74, 6) is 0.573. The molecule has 0 fully saturated rings. The minimum atomic E-state index is -0.116. The second kappa shape index (κ2) is 4.45. The van der Waals surface area contributed by atoms with Crippen LogP contribution >= 0.6 is 0 Å². The fourth-order valence-electron chi connectivity index (χ4n) is 0.814. The van der Waals surface area contributed by atoms with Crippen LogP contribution < -0.4 is 5.73 Å². The van der Waals surface area contributed by atoms with Crippen molar-refractivity contribution in [1.29, 1.82) is 0 Å². The molecule has 2 N–H and O–H groups in total. The van der Waals surface area contributed by atoms with Gasteiger partial charge >= 0.3 is 0 Å². The first-order valence-electron chi connectivity index (χ1n) is 4.33. The molecule has 0 aliphatic carbocycles. The minimum absolute atomic E-state index is 0.0748. The molecule has 0 saturated heterocycles. The summed E-state index contributed by atoms with van der Waals surface area (Å²) in [7, 11) is 0. The van der Waals surface area contributed by atoms with Crippen molar-refractivity contribution in [3.05, 3.63) is 0 Å². The van der Waals surface area contributed by atoms with Crippen LogP contribution in [0.3, 0.4) is 0 Å². The zero-order valence-electron chi connectivity index (χ0n) is 8.72. The second-order valence-electron chi connectivity index (χ2n) is 3.81. The van der Waals surface area contributed by atoms with Gasteiger partial charge in [0.25, 0.3) is 0 Å². The third kappa shape index (κ3) is 5.13. The first kappa shape index (κ1) is 11.4. The summed E-state index contributed by atoms with van der Waals surface area (Å²) in [6.45, 7) is 10.6. The van der Waals surface area contributed by atoms with E-state index in [-0.39, 0.29) is 11.6 Å². The summed E-state index contributed by atoms with van der Waals surface area (Å²) in [5.41, 5.74) is 5.60. The number of nitrogens with two attached hydrogens (primary N) is 1. The fraction of sp³-hybridized carbons (Fsp3) is 0.889. The summed E-state index contributed by atoms with van der Waals surface area (Å²) >= 11 is 0. The minimum Gasteiger partial charge on any atom is -0.385 e. The number of amidine groups is 1. The van der Waals surface area contributed by atoms with Gasteiger partial charge < -0.3 is 10.5 Å². The van der Waals surface area contributed by atoms with Gasteiger partial charge in [-0.25, -0.2) is 0 Å². The van der Waals surface area contributed by atoms with E-state index in [1.54, 1.807) is 0 Å². The molecule has 0 spiro atoms. The number of hydrogen-bond donors (Lipinski definition) is 1. The van der Waals surface area contributed by atoms with Crippen LogP contribution in [0.4, 0.5) is 0 Å². The normalized spacial score (nSPS) is 16.2. The lowest BCUT2D eigenvalue weighted by molar-refractivity contribution is 0.121. The van der Waals surface area contributed by atoms with Gasteiger partial charge in [-0.15, -0.1) is 0 Å². The van der Waals surface area contributed by atoms with Crippen molar-refractivity contribution < 1.29 is 4.74 Å². The predicted octanol–water partition coefficient (Wildman–Crippen LogP) is 1.57. The molecule has 0 rings (SSSR count). The molecular weight excluding hydrogens is 152 g/mol. The molecule has 3 heteroatoms. The van der Waals surface area contributed by atoms with Crippen LogP contribution in [-0.2, 0) is 4.74 Å². The molecule has 0 heterocycles. The lowest BCUT2D eigenvalue weighted by Crippen LogP contribution is -2.32. The summed E-state index contributed by atoms with van der Waals surface area (Å²) in [6.07, 6.45) is -0.0748. The van der Waals surface area contributed by atoms with Crippen LogP contribution in [0.15, 0.2) is 4.99 Å². The van der Waals surface area contributed by atoms with Crippen LogP contribution in [0.25, 0.3) is 0 Å². The highest BCUT2D eigenvalue weighted by molar-refractivity contribution is 5.84. The molecule has 1 unspecified atom stereocenters. The monoisotopic (exact) mass is 172 g/mol. The summed E-state index contributed by atoms with van der Waals surface area (Å²) in [4.78, 5) is 4.30.